The SMILES string of the molecule is COC(=O)c1csc(C(O)C(O)C(=O)OC)n1. The van der Waals surface area contributed by atoms with E-state index in [9.17, 15) is 19.8 Å². The van der Waals surface area contributed by atoms with Gasteiger partial charge in [-0.15, -0.1) is 11.3 Å². The average molecular weight is 261 g/mol. The van der Waals surface area contributed by atoms with Gasteiger partial charge < -0.3 is 19.7 Å². The van der Waals surface area contributed by atoms with E-state index in [1.54, 1.807) is 0 Å². The van der Waals surface area contributed by atoms with Gasteiger partial charge in [-0.3, -0.25) is 0 Å². The van der Waals surface area contributed by atoms with E-state index in [-0.39, 0.29) is 10.7 Å². The highest BCUT2D eigenvalue weighted by atomic mass is 32.1. The number of carbonyl (C=O) groups is 2. The molecule has 94 valence electrons. The Kier molecular flexibility index (Phi) is 4.55. The van der Waals surface area contributed by atoms with Gasteiger partial charge in [0.15, 0.2) is 11.8 Å². The molecular formula is C9H11NO6S. The van der Waals surface area contributed by atoms with Crippen LogP contribution in [-0.4, -0.2) is 47.5 Å². The molecule has 8 heteroatoms. The number of rotatable bonds is 4. The van der Waals surface area contributed by atoms with E-state index >= 15 is 0 Å². The first-order valence-electron chi connectivity index (χ1n) is 4.49. The van der Waals surface area contributed by atoms with Crippen LogP contribution in [0.2, 0.25) is 0 Å². The minimum Gasteiger partial charge on any atom is -0.467 e. The van der Waals surface area contributed by atoms with Crippen LogP contribution in [0.25, 0.3) is 0 Å². The number of ether oxygens (including phenoxy) is 2. The van der Waals surface area contributed by atoms with Crippen molar-refractivity contribution in [3.05, 3.63) is 16.1 Å². The number of esters is 2. The summed E-state index contributed by atoms with van der Waals surface area (Å²) in [6.07, 6.45) is -3.28. The largest absolute Gasteiger partial charge is 0.467 e. The minimum atomic E-state index is -1.74. The van der Waals surface area contributed by atoms with Gasteiger partial charge in [-0.2, -0.15) is 0 Å². The van der Waals surface area contributed by atoms with Crippen LogP contribution in [0.5, 0.6) is 0 Å². The molecule has 2 unspecified atom stereocenters. The van der Waals surface area contributed by atoms with Crippen molar-refractivity contribution in [3.63, 3.8) is 0 Å². The van der Waals surface area contributed by atoms with Crippen molar-refractivity contribution in [2.24, 2.45) is 0 Å². The van der Waals surface area contributed by atoms with E-state index in [0.29, 0.717) is 0 Å². The summed E-state index contributed by atoms with van der Waals surface area (Å²) in [6.45, 7) is 0. The second-order valence-electron chi connectivity index (χ2n) is 2.98. The van der Waals surface area contributed by atoms with E-state index in [0.717, 1.165) is 18.4 Å². The predicted molar refractivity (Wildman–Crippen MR) is 56.4 cm³/mol. The molecule has 0 aromatic carbocycles. The fourth-order valence-electron chi connectivity index (χ4n) is 1.01. The molecule has 0 spiro atoms. The van der Waals surface area contributed by atoms with E-state index in [1.807, 2.05) is 0 Å². The van der Waals surface area contributed by atoms with Crippen LogP contribution in [0.4, 0.5) is 0 Å². The van der Waals surface area contributed by atoms with Crippen LogP contribution < -0.4 is 0 Å². The second-order valence-corrected chi connectivity index (χ2v) is 3.87. The van der Waals surface area contributed by atoms with Crippen molar-refractivity contribution in [3.8, 4) is 0 Å². The molecule has 17 heavy (non-hydrogen) atoms. The van der Waals surface area contributed by atoms with Crippen molar-refractivity contribution in [1.29, 1.82) is 0 Å². The average Bonchev–Trinajstić information content (AvgIpc) is 2.84. The molecule has 0 aliphatic heterocycles. The number of hydrogen-bond donors (Lipinski definition) is 2. The molecule has 0 aliphatic carbocycles. The smallest absolute Gasteiger partial charge is 0.357 e. The highest BCUT2D eigenvalue weighted by Crippen LogP contribution is 2.22. The van der Waals surface area contributed by atoms with Gasteiger partial charge in [0.25, 0.3) is 0 Å². The summed E-state index contributed by atoms with van der Waals surface area (Å²) in [6, 6.07) is 0. The number of carbonyl (C=O) groups excluding carboxylic acids is 2. The summed E-state index contributed by atoms with van der Waals surface area (Å²) in [4.78, 5) is 25.8. The van der Waals surface area contributed by atoms with Gasteiger partial charge in [0, 0.05) is 5.38 Å². The first kappa shape index (κ1) is 13.6. The number of nitrogens with zero attached hydrogens (tertiary/aromatic N) is 1. The van der Waals surface area contributed by atoms with E-state index in [4.69, 9.17) is 0 Å². The zero-order chi connectivity index (χ0) is 13.0. The Balaban J connectivity index is 2.83. The molecule has 1 aromatic rings. The number of aliphatic hydroxyl groups is 2. The van der Waals surface area contributed by atoms with Gasteiger partial charge in [0.2, 0.25) is 0 Å². The van der Waals surface area contributed by atoms with Crippen LogP contribution in [0.15, 0.2) is 5.38 Å². The summed E-state index contributed by atoms with van der Waals surface area (Å²) in [7, 11) is 2.28. The van der Waals surface area contributed by atoms with Gasteiger partial charge >= 0.3 is 11.9 Å². The Morgan fingerprint density at radius 3 is 2.53 bits per heavy atom. The maximum Gasteiger partial charge on any atom is 0.357 e. The Morgan fingerprint density at radius 1 is 1.35 bits per heavy atom. The molecule has 0 aliphatic rings. The number of aromatic nitrogens is 1. The molecule has 1 rings (SSSR count). The Labute approximate surface area is 101 Å². The van der Waals surface area contributed by atoms with Crippen molar-refractivity contribution in [1.82, 2.24) is 4.98 Å². The standard InChI is InChI=1S/C9H11NO6S/c1-15-8(13)4-3-17-7(10-4)5(11)6(12)9(14)16-2/h3,5-6,11-12H,1-2H3. The third-order valence-corrected chi connectivity index (χ3v) is 2.83. The van der Waals surface area contributed by atoms with Gasteiger partial charge in [-0.1, -0.05) is 0 Å². The highest BCUT2D eigenvalue weighted by molar-refractivity contribution is 7.09. The molecule has 7 nitrogen and oxygen atoms in total. The van der Waals surface area contributed by atoms with Gasteiger partial charge in [0.05, 0.1) is 14.2 Å². The molecule has 0 fully saturated rings. The van der Waals surface area contributed by atoms with Crippen LogP contribution >= 0.6 is 11.3 Å². The first-order valence-corrected chi connectivity index (χ1v) is 5.37. The molecule has 0 bridgehead atoms. The van der Waals surface area contributed by atoms with Gasteiger partial charge in [-0.05, 0) is 0 Å². The van der Waals surface area contributed by atoms with Crippen LogP contribution in [0.1, 0.15) is 21.6 Å². The number of hydrogen-bond acceptors (Lipinski definition) is 8. The summed E-state index contributed by atoms with van der Waals surface area (Å²) < 4.78 is 8.69. The first-order chi connectivity index (χ1) is 8.01. The molecule has 0 saturated carbocycles. The molecule has 1 aromatic heterocycles. The Morgan fingerprint density at radius 2 is 2.00 bits per heavy atom. The van der Waals surface area contributed by atoms with Crippen LogP contribution in [-0.2, 0) is 14.3 Å². The highest BCUT2D eigenvalue weighted by Gasteiger charge is 2.29. The van der Waals surface area contributed by atoms with Crippen molar-refractivity contribution in [2.45, 2.75) is 12.2 Å². The zero-order valence-corrected chi connectivity index (χ0v) is 9.93. The van der Waals surface area contributed by atoms with Crippen molar-refractivity contribution in [2.75, 3.05) is 14.2 Å². The molecule has 0 radical (unpaired) electrons. The maximum absolute atomic E-state index is 11.1. The number of thiazole rings is 1. The molecule has 1 heterocycles. The zero-order valence-electron chi connectivity index (χ0n) is 9.11. The predicted octanol–water partition coefficient (Wildman–Crippen LogP) is -0.503. The second kappa shape index (κ2) is 5.71. The quantitative estimate of drug-likeness (QED) is 0.703. The van der Waals surface area contributed by atoms with Crippen molar-refractivity contribution < 1.29 is 29.3 Å². The van der Waals surface area contributed by atoms with E-state index in [2.05, 4.69) is 14.5 Å². The molecule has 2 N–H and O–H groups in total. The number of aliphatic hydroxyl groups excluding tert-OH is 2. The minimum absolute atomic E-state index is 0.00335. The topological polar surface area (TPSA) is 106 Å². The Hall–Kier alpha value is -1.51. The lowest BCUT2D eigenvalue weighted by Crippen LogP contribution is -2.29. The number of methoxy groups -OCH3 is 2. The lowest BCUT2D eigenvalue weighted by Gasteiger charge is -2.12. The van der Waals surface area contributed by atoms with Gasteiger partial charge in [0.1, 0.15) is 11.1 Å². The monoisotopic (exact) mass is 261 g/mol. The Bertz CT molecular complexity index is 417. The van der Waals surface area contributed by atoms with E-state index in [1.165, 1.54) is 12.5 Å². The van der Waals surface area contributed by atoms with Crippen LogP contribution in [0.3, 0.4) is 0 Å². The fourth-order valence-corrected chi connectivity index (χ4v) is 1.81. The van der Waals surface area contributed by atoms with Crippen molar-refractivity contribution >= 4 is 23.3 Å². The van der Waals surface area contributed by atoms with Gasteiger partial charge in [-0.25, -0.2) is 14.6 Å². The molecule has 0 amide bonds. The normalized spacial score (nSPS) is 13.9. The lowest BCUT2D eigenvalue weighted by molar-refractivity contribution is -0.156. The third kappa shape index (κ3) is 2.99. The van der Waals surface area contributed by atoms with Crippen LogP contribution in [0, 0.1) is 0 Å². The summed E-state index contributed by atoms with van der Waals surface area (Å²) >= 11 is 0.928. The summed E-state index contributed by atoms with van der Waals surface area (Å²) in [5.41, 5.74) is 0.00335. The summed E-state index contributed by atoms with van der Waals surface area (Å²) in [5, 5.41) is 20.4. The molecule has 2 atom stereocenters. The summed E-state index contributed by atoms with van der Waals surface area (Å²) in [5.74, 6) is -1.64. The lowest BCUT2D eigenvalue weighted by atomic mass is 10.2. The maximum atomic E-state index is 11.1. The molecular weight excluding hydrogens is 250 g/mol. The molecule has 0 saturated heterocycles. The fraction of sp³-hybridized carbons (Fsp3) is 0.444. The third-order valence-electron chi connectivity index (χ3n) is 1.91. The van der Waals surface area contributed by atoms with E-state index < -0.39 is 24.1 Å².